The van der Waals surface area contributed by atoms with Crippen LogP contribution in [0.1, 0.15) is 20.8 Å². The molecule has 1 atom stereocenters. The number of benzene rings is 1. The number of nitrogens with one attached hydrogen (secondary N) is 1. The lowest BCUT2D eigenvalue weighted by atomic mass is 10.2. The molecule has 1 amide bonds. The van der Waals surface area contributed by atoms with Gasteiger partial charge in [0.25, 0.3) is 0 Å². The first-order chi connectivity index (χ1) is 11.8. The quantitative estimate of drug-likeness (QED) is 0.634. The minimum Gasteiger partial charge on any atom is -0.492 e. The van der Waals surface area contributed by atoms with Gasteiger partial charge < -0.3 is 20.5 Å². The van der Waals surface area contributed by atoms with E-state index in [0.717, 1.165) is 0 Å². The molecule has 1 aromatic carbocycles. The van der Waals surface area contributed by atoms with E-state index in [-0.39, 0.29) is 17.3 Å². The standard InChI is InChI=1S/C16H27N3O5S/c1-5-19(6-2)25(21,22)15-10-12(8-9-14(15)24-7-3)18-16(20)13(17)11-23-4/h8-10,13H,5-7,11,17H2,1-4H3,(H,18,20). The Bertz CT molecular complexity index is 674. The molecule has 8 nitrogen and oxygen atoms in total. The summed E-state index contributed by atoms with van der Waals surface area (Å²) >= 11 is 0. The molecule has 0 saturated carbocycles. The van der Waals surface area contributed by atoms with Crippen LogP contribution in [0, 0.1) is 0 Å². The number of nitrogens with zero attached hydrogens (tertiary/aromatic N) is 1. The highest BCUT2D eigenvalue weighted by atomic mass is 32.2. The third-order valence-corrected chi connectivity index (χ3v) is 5.59. The monoisotopic (exact) mass is 373 g/mol. The lowest BCUT2D eigenvalue weighted by Crippen LogP contribution is -2.39. The number of carbonyl (C=O) groups excluding carboxylic acids is 1. The second kappa shape index (κ2) is 9.71. The van der Waals surface area contributed by atoms with Crippen molar-refractivity contribution in [2.45, 2.75) is 31.7 Å². The van der Waals surface area contributed by atoms with Gasteiger partial charge >= 0.3 is 0 Å². The van der Waals surface area contributed by atoms with E-state index < -0.39 is 22.0 Å². The van der Waals surface area contributed by atoms with E-state index in [4.69, 9.17) is 15.2 Å². The fourth-order valence-corrected chi connectivity index (χ4v) is 3.87. The molecule has 0 bridgehead atoms. The second-order valence-electron chi connectivity index (χ2n) is 5.23. The topological polar surface area (TPSA) is 111 Å². The van der Waals surface area contributed by atoms with Crippen LogP contribution in [-0.2, 0) is 19.6 Å². The zero-order valence-corrected chi connectivity index (χ0v) is 15.9. The molecule has 0 fully saturated rings. The molecule has 9 heteroatoms. The van der Waals surface area contributed by atoms with Crippen molar-refractivity contribution >= 4 is 21.6 Å². The first-order valence-corrected chi connectivity index (χ1v) is 9.58. The summed E-state index contributed by atoms with van der Waals surface area (Å²) in [5, 5.41) is 2.60. The van der Waals surface area contributed by atoms with E-state index >= 15 is 0 Å². The summed E-state index contributed by atoms with van der Waals surface area (Å²) in [4.78, 5) is 12.0. The smallest absolute Gasteiger partial charge is 0.246 e. The molecular weight excluding hydrogens is 346 g/mol. The van der Waals surface area contributed by atoms with E-state index in [9.17, 15) is 13.2 Å². The molecular formula is C16H27N3O5S. The number of nitrogens with two attached hydrogens (primary N) is 1. The second-order valence-corrected chi connectivity index (χ2v) is 7.14. The summed E-state index contributed by atoms with van der Waals surface area (Å²) in [6.07, 6.45) is 0. The van der Waals surface area contributed by atoms with Gasteiger partial charge in [0.15, 0.2) is 0 Å². The van der Waals surface area contributed by atoms with Gasteiger partial charge in [0.05, 0.1) is 13.2 Å². The van der Waals surface area contributed by atoms with Crippen molar-refractivity contribution in [3.8, 4) is 5.75 Å². The molecule has 1 aromatic rings. The minimum atomic E-state index is -3.74. The predicted molar refractivity (Wildman–Crippen MR) is 96.2 cm³/mol. The summed E-state index contributed by atoms with van der Waals surface area (Å²) in [5.74, 6) is -0.217. The van der Waals surface area contributed by atoms with Crippen LogP contribution in [0.5, 0.6) is 5.75 Å². The van der Waals surface area contributed by atoms with Crippen molar-refractivity contribution in [3.05, 3.63) is 18.2 Å². The summed E-state index contributed by atoms with van der Waals surface area (Å²) < 4.78 is 37.3. The number of amides is 1. The van der Waals surface area contributed by atoms with Crippen molar-refractivity contribution < 1.29 is 22.7 Å². The van der Waals surface area contributed by atoms with Gasteiger partial charge in [0.2, 0.25) is 15.9 Å². The Kier molecular flexibility index (Phi) is 8.30. The zero-order chi connectivity index (χ0) is 19.0. The van der Waals surface area contributed by atoms with Gasteiger partial charge in [0, 0.05) is 25.9 Å². The zero-order valence-electron chi connectivity index (χ0n) is 15.1. The Hall–Kier alpha value is -1.68. The predicted octanol–water partition coefficient (Wildman–Crippen LogP) is 1.03. The Morgan fingerprint density at radius 1 is 1.28 bits per heavy atom. The summed E-state index contributed by atoms with van der Waals surface area (Å²) in [6, 6.07) is 3.64. The van der Waals surface area contributed by atoms with Gasteiger partial charge in [-0.25, -0.2) is 8.42 Å². The Labute approximate surface area is 149 Å². The first kappa shape index (κ1) is 21.4. The van der Waals surface area contributed by atoms with E-state index in [2.05, 4.69) is 5.32 Å². The molecule has 25 heavy (non-hydrogen) atoms. The van der Waals surface area contributed by atoms with Crippen LogP contribution < -0.4 is 15.8 Å². The molecule has 3 N–H and O–H groups in total. The summed E-state index contributed by atoms with van der Waals surface area (Å²) in [7, 11) is -2.30. The summed E-state index contributed by atoms with van der Waals surface area (Å²) in [5.41, 5.74) is 6.00. The number of anilines is 1. The van der Waals surface area contributed by atoms with Crippen molar-refractivity contribution in [1.29, 1.82) is 0 Å². The highest BCUT2D eigenvalue weighted by molar-refractivity contribution is 7.89. The molecule has 0 aliphatic heterocycles. The third kappa shape index (κ3) is 5.40. The van der Waals surface area contributed by atoms with Crippen LogP contribution in [0.4, 0.5) is 5.69 Å². The van der Waals surface area contributed by atoms with Gasteiger partial charge in [-0.3, -0.25) is 4.79 Å². The maximum Gasteiger partial charge on any atom is 0.246 e. The van der Waals surface area contributed by atoms with Gasteiger partial charge in [-0.2, -0.15) is 4.31 Å². The van der Waals surface area contributed by atoms with Crippen molar-refractivity contribution in [1.82, 2.24) is 4.31 Å². The molecule has 142 valence electrons. The first-order valence-electron chi connectivity index (χ1n) is 8.14. The van der Waals surface area contributed by atoms with Crippen LogP contribution in [0.25, 0.3) is 0 Å². The van der Waals surface area contributed by atoms with Crippen LogP contribution >= 0.6 is 0 Å². The Balaban J connectivity index is 3.24. The van der Waals surface area contributed by atoms with Crippen molar-refractivity contribution in [2.75, 3.05) is 38.7 Å². The highest BCUT2D eigenvalue weighted by Crippen LogP contribution is 2.30. The van der Waals surface area contributed by atoms with Crippen molar-refractivity contribution in [2.24, 2.45) is 5.73 Å². The maximum atomic E-state index is 12.9. The Morgan fingerprint density at radius 3 is 2.44 bits per heavy atom. The number of hydrogen-bond acceptors (Lipinski definition) is 6. The van der Waals surface area contributed by atoms with Crippen LogP contribution in [0.3, 0.4) is 0 Å². The average molecular weight is 373 g/mol. The fourth-order valence-electron chi connectivity index (χ4n) is 2.25. The van der Waals surface area contributed by atoms with E-state index in [0.29, 0.717) is 25.4 Å². The van der Waals surface area contributed by atoms with Gasteiger partial charge in [-0.05, 0) is 25.1 Å². The molecule has 0 heterocycles. The number of carbonyl (C=O) groups is 1. The fraction of sp³-hybridized carbons (Fsp3) is 0.562. The third-order valence-electron chi connectivity index (χ3n) is 3.52. The largest absolute Gasteiger partial charge is 0.492 e. The lowest BCUT2D eigenvalue weighted by Gasteiger charge is -2.21. The van der Waals surface area contributed by atoms with Gasteiger partial charge in [0.1, 0.15) is 16.7 Å². The van der Waals surface area contributed by atoms with Crippen LogP contribution in [0.15, 0.2) is 23.1 Å². The van der Waals surface area contributed by atoms with E-state index in [1.165, 1.54) is 23.5 Å². The molecule has 0 saturated heterocycles. The molecule has 0 aliphatic carbocycles. The van der Waals surface area contributed by atoms with E-state index in [1.807, 2.05) is 0 Å². The molecule has 0 radical (unpaired) electrons. The molecule has 0 aliphatic rings. The highest BCUT2D eigenvalue weighted by Gasteiger charge is 2.26. The van der Waals surface area contributed by atoms with Crippen LogP contribution in [-0.4, -0.2) is 58.1 Å². The number of rotatable bonds is 10. The van der Waals surface area contributed by atoms with Crippen LogP contribution in [0.2, 0.25) is 0 Å². The van der Waals surface area contributed by atoms with E-state index in [1.54, 1.807) is 26.8 Å². The normalized spacial score (nSPS) is 12.9. The molecule has 0 spiro atoms. The van der Waals surface area contributed by atoms with Crippen molar-refractivity contribution in [3.63, 3.8) is 0 Å². The van der Waals surface area contributed by atoms with Gasteiger partial charge in [-0.15, -0.1) is 0 Å². The number of ether oxygens (including phenoxy) is 2. The average Bonchev–Trinajstić information content (AvgIpc) is 2.57. The van der Waals surface area contributed by atoms with Gasteiger partial charge in [-0.1, -0.05) is 13.8 Å². The maximum absolute atomic E-state index is 12.9. The minimum absolute atomic E-state index is 0.0103. The number of hydrogen-bond donors (Lipinski definition) is 2. The number of sulfonamides is 1. The molecule has 1 rings (SSSR count). The SMILES string of the molecule is CCOc1ccc(NC(=O)C(N)COC)cc1S(=O)(=O)N(CC)CC. The summed E-state index contributed by atoms with van der Waals surface area (Å²) in [6.45, 7) is 6.35. The Morgan fingerprint density at radius 2 is 1.92 bits per heavy atom. The lowest BCUT2D eigenvalue weighted by molar-refractivity contribution is -0.118. The molecule has 0 aromatic heterocycles. The number of methoxy groups -OCH3 is 1. The molecule has 1 unspecified atom stereocenters.